The van der Waals surface area contributed by atoms with Crippen LogP contribution in [0.2, 0.25) is 0 Å². The number of rotatable bonds is 3. The van der Waals surface area contributed by atoms with Gasteiger partial charge in [-0.05, 0) is 36.2 Å². The minimum atomic E-state index is -0.290. The van der Waals surface area contributed by atoms with Gasteiger partial charge in [-0.2, -0.15) is 0 Å². The molecule has 1 N–H and O–H groups in total. The Hall–Kier alpha value is -2.33. The first kappa shape index (κ1) is 15.6. The van der Waals surface area contributed by atoms with E-state index in [0.717, 1.165) is 37.4 Å². The quantitative estimate of drug-likeness (QED) is 0.884. The Morgan fingerprint density at radius 1 is 1.22 bits per heavy atom. The molecule has 0 saturated carbocycles. The van der Waals surface area contributed by atoms with Crippen LogP contribution in [0, 0.1) is 6.92 Å². The van der Waals surface area contributed by atoms with Gasteiger partial charge >= 0.3 is 5.97 Å². The summed E-state index contributed by atoms with van der Waals surface area (Å²) in [4.78, 5) is 14.1. The van der Waals surface area contributed by atoms with Crippen LogP contribution < -0.4 is 5.32 Å². The van der Waals surface area contributed by atoms with E-state index < -0.39 is 0 Å². The van der Waals surface area contributed by atoms with Crippen molar-refractivity contribution in [3.05, 3.63) is 64.7 Å². The maximum Gasteiger partial charge on any atom is 0.337 e. The zero-order valence-electron chi connectivity index (χ0n) is 13.6. The summed E-state index contributed by atoms with van der Waals surface area (Å²) in [6, 6.07) is 14.4. The molecule has 0 bridgehead atoms. The van der Waals surface area contributed by atoms with Gasteiger partial charge in [-0.15, -0.1) is 0 Å². The Labute approximate surface area is 137 Å². The molecule has 0 radical (unpaired) electrons. The van der Waals surface area contributed by atoms with Crippen LogP contribution in [0.15, 0.2) is 42.5 Å². The molecule has 0 atom stereocenters. The van der Waals surface area contributed by atoms with E-state index in [-0.39, 0.29) is 5.97 Å². The maximum atomic E-state index is 11.7. The number of ether oxygens (including phenoxy) is 1. The van der Waals surface area contributed by atoms with Crippen molar-refractivity contribution in [1.82, 2.24) is 4.90 Å². The number of carbonyl (C=O) groups excluding carboxylic acids is 1. The number of hydrogen-bond acceptors (Lipinski definition) is 4. The first-order valence-electron chi connectivity index (χ1n) is 7.89. The highest BCUT2D eigenvalue weighted by Crippen LogP contribution is 2.23. The SMILES string of the molecule is COC(=O)c1ccc2c(c1)CN(Cc1ccc(C)cc1)CCN2. The smallest absolute Gasteiger partial charge is 0.337 e. The van der Waals surface area contributed by atoms with E-state index in [9.17, 15) is 4.79 Å². The number of nitrogens with zero attached hydrogens (tertiary/aromatic N) is 1. The molecule has 4 nitrogen and oxygen atoms in total. The van der Waals surface area contributed by atoms with E-state index >= 15 is 0 Å². The third-order valence-corrected chi connectivity index (χ3v) is 4.19. The summed E-state index contributed by atoms with van der Waals surface area (Å²) in [5, 5.41) is 3.44. The molecule has 2 aromatic rings. The van der Waals surface area contributed by atoms with Gasteiger partial charge in [0.1, 0.15) is 0 Å². The van der Waals surface area contributed by atoms with Crippen molar-refractivity contribution in [2.24, 2.45) is 0 Å². The Morgan fingerprint density at radius 2 is 2.00 bits per heavy atom. The van der Waals surface area contributed by atoms with E-state index in [1.165, 1.54) is 18.2 Å². The molecule has 3 rings (SSSR count). The predicted molar refractivity (Wildman–Crippen MR) is 91.6 cm³/mol. The van der Waals surface area contributed by atoms with Crippen LogP contribution in [-0.4, -0.2) is 31.1 Å². The van der Waals surface area contributed by atoms with Crippen molar-refractivity contribution in [2.75, 3.05) is 25.5 Å². The molecule has 1 heterocycles. The average Bonchev–Trinajstić information content (AvgIpc) is 2.77. The summed E-state index contributed by atoms with van der Waals surface area (Å²) < 4.78 is 4.82. The summed E-state index contributed by atoms with van der Waals surface area (Å²) in [6.45, 7) is 5.70. The van der Waals surface area contributed by atoms with Gasteiger partial charge in [0.05, 0.1) is 12.7 Å². The molecule has 0 unspecified atom stereocenters. The van der Waals surface area contributed by atoms with Crippen LogP contribution in [-0.2, 0) is 17.8 Å². The van der Waals surface area contributed by atoms with Crippen LogP contribution in [0.4, 0.5) is 5.69 Å². The molecule has 1 aliphatic rings. The standard InChI is InChI=1S/C19H22N2O2/c1-14-3-5-15(6-4-14)12-21-10-9-20-18-8-7-16(19(22)23-2)11-17(18)13-21/h3-8,11,20H,9-10,12-13H2,1-2H3. The minimum Gasteiger partial charge on any atom is -0.465 e. The Balaban J connectivity index is 1.78. The molecule has 4 heteroatoms. The highest BCUT2D eigenvalue weighted by molar-refractivity contribution is 5.90. The third-order valence-electron chi connectivity index (χ3n) is 4.19. The summed E-state index contributed by atoms with van der Waals surface area (Å²) >= 11 is 0. The third kappa shape index (κ3) is 3.71. The predicted octanol–water partition coefficient (Wildman–Crippen LogP) is 3.21. The fourth-order valence-electron chi connectivity index (χ4n) is 2.90. The van der Waals surface area contributed by atoms with Crippen LogP contribution in [0.5, 0.6) is 0 Å². The second-order valence-corrected chi connectivity index (χ2v) is 5.99. The lowest BCUT2D eigenvalue weighted by Gasteiger charge is -2.20. The lowest BCUT2D eigenvalue weighted by atomic mass is 10.1. The number of aryl methyl sites for hydroxylation is 1. The minimum absolute atomic E-state index is 0.290. The van der Waals surface area contributed by atoms with Gasteiger partial charge in [-0.25, -0.2) is 4.79 Å². The second kappa shape index (κ2) is 6.84. The van der Waals surface area contributed by atoms with Gasteiger partial charge in [0, 0.05) is 31.9 Å². The van der Waals surface area contributed by atoms with Crippen molar-refractivity contribution in [2.45, 2.75) is 20.0 Å². The number of fused-ring (bicyclic) bond motifs is 1. The summed E-state index contributed by atoms with van der Waals surface area (Å²) in [6.07, 6.45) is 0. The lowest BCUT2D eigenvalue weighted by molar-refractivity contribution is 0.0600. The van der Waals surface area contributed by atoms with Crippen LogP contribution >= 0.6 is 0 Å². The topological polar surface area (TPSA) is 41.6 Å². The van der Waals surface area contributed by atoms with E-state index in [0.29, 0.717) is 5.56 Å². The van der Waals surface area contributed by atoms with Gasteiger partial charge in [0.15, 0.2) is 0 Å². The van der Waals surface area contributed by atoms with Gasteiger partial charge in [0.2, 0.25) is 0 Å². The van der Waals surface area contributed by atoms with Gasteiger partial charge < -0.3 is 10.1 Å². The van der Waals surface area contributed by atoms with E-state index in [4.69, 9.17) is 4.74 Å². The Kier molecular flexibility index (Phi) is 4.63. The molecule has 0 spiro atoms. The molecule has 0 amide bonds. The molecule has 0 aliphatic carbocycles. The molecule has 120 valence electrons. The fourth-order valence-corrected chi connectivity index (χ4v) is 2.90. The summed E-state index contributed by atoms with van der Waals surface area (Å²) in [7, 11) is 1.41. The van der Waals surface area contributed by atoms with Gasteiger partial charge in [-0.3, -0.25) is 4.90 Å². The average molecular weight is 310 g/mol. The van der Waals surface area contributed by atoms with Crippen LogP contribution in [0.25, 0.3) is 0 Å². The zero-order chi connectivity index (χ0) is 16.2. The maximum absolute atomic E-state index is 11.7. The zero-order valence-corrected chi connectivity index (χ0v) is 13.6. The first-order valence-corrected chi connectivity index (χ1v) is 7.89. The van der Waals surface area contributed by atoms with Gasteiger partial charge in [0.25, 0.3) is 0 Å². The van der Waals surface area contributed by atoms with E-state index in [1.807, 2.05) is 18.2 Å². The van der Waals surface area contributed by atoms with Crippen LogP contribution in [0.3, 0.4) is 0 Å². The van der Waals surface area contributed by atoms with Crippen LogP contribution in [0.1, 0.15) is 27.0 Å². The lowest BCUT2D eigenvalue weighted by Crippen LogP contribution is -2.25. The van der Waals surface area contributed by atoms with Crippen molar-refractivity contribution < 1.29 is 9.53 Å². The molecule has 0 saturated heterocycles. The van der Waals surface area contributed by atoms with Crippen molar-refractivity contribution in [1.29, 1.82) is 0 Å². The summed E-state index contributed by atoms with van der Waals surface area (Å²) in [5.41, 5.74) is 5.43. The van der Waals surface area contributed by atoms with Crippen molar-refractivity contribution in [3.63, 3.8) is 0 Å². The molecule has 0 aromatic heterocycles. The number of esters is 1. The van der Waals surface area contributed by atoms with Crippen molar-refractivity contribution >= 4 is 11.7 Å². The fraction of sp³-hybridized carbons (Fsp3) is 0.316. The number of carbonyl (C=O) groups is 1. The normalized spacial score (nSPS) is 14.5. The first-order chi connectivity index (χ1) is 11.2. The van der Waals surface area contributed by atoms with E-state index in [2.05, 4.69) is 41.4 Å². The number of hydrogen-bond donors (Lipinski definition) is 1. The second-order valence-electron chi connectivity index (χ2n) is 5.99. The largest absolute Gasteiger partial charge is 0.465 e. The highest BCUT2D eigenvalue weighted by atomic mass is 16.5. The monoisotopic (exact) mass is 310 g/mol. The molecule has 23 heavy (non-hydrogen) atoms. The number of anilines is 1. The number of methoxy groups -OCH3 is 1. The molecule has 2 aromatic carbocycles. The highest BCUT2D eigenvalue weighted by Gasteiger charge is 2.16. The van der Waals surface area contributed by atoms with Gasteiger partial charge in [-0.1, -0.05) is 29.8 Å². The molecular formula is C19H22N2O2. The number of nitrogens with one attached hydrogen (secondary N) is 1. The summed E-state index contributed by atoms with van der Waals surface area (Å²) in [5.74, 6) is -0.290. The number of benzene rings is 2. The Bertz CT molecular complexity index is 695. The van der Waals surface area contributed by atoms with Crippen molar-refractivity contribution in [3.8, 4) is 0 Å². The molecule has 0 fully saturated rings. The molecule has 1 aliphatic heterocycles. The van der Waals surface area contributed by atoms with E-state index in [1.54, 1.807) is 0 Å². The Morgan fingerprint density at radius 3 is 2.74 bits per heavy atom. The molecular weight excluding hydrogens is 288 g/mol.